The second kappa shape index (κ2) is 5.77. The molecule has 6 heteroatoms. The number of halogens is 1. The molecular formula is C13H16FN3O2. The van der Waals surface area contributed by atoms with Crippen LogP contribution in [0.3, 0.4) is 0 Å². The quantitative estimate of drug-likeness (QED) is 0.888. The first-order valence-corrected chi connectivity index (χ1v) is 6.39. The lowest BCUT2D eigenvalue weighted by atomic mass is 10.1. The third kappa shape index (κ3) is 2.72. The third-order valence-corrected chi connectivity index (χ3v) is 3.03. The van der Waals surface area contributed by atoms with Gasteiger partial charge in [-0.2, -0.15) is 0 Å². The van der Waals surface area contributed by atoms with Crippen molar-refractivity contribution in [2.24, 2.45) is 0 Å². The smallest absolute Gasteiger partial charge is 0.358 e. The Morgan fingerprint density at radius 1 is 1.47 bits per heavy atom. The maximum atomic E-state index is 13.8. The number of hydrogen-bond acceptors (Lipinski definition) is 3. The maximum absolute atomic E-state index is 13.8. The Balaban J connectivity index is 2.42. The lowest BCUT2D eigenvalue weighted by molar-refractivity contribution is 0.0689. The lowest BCUT2D eigenvalue weighted by Gasteiger charge is -2.12. The minimum atomic E-state index is -1.13. The molecule has 0 saturated carbocycles. The van der Waals surface area contributed by atoms with E-state index >= 15 is 0 Å². The van der Waals surface area contributed by atoms with Gasteiger partial charge in [0.25, 0.3) is 0 Å². The molecule has 1 heterocycles. The second-order valence-corrected chi connectivity index (χ2v) is 4.42. The lowest BCUT2D eigenvalue weighted by Crippen LogP contribution is -2.09. The van der Waals surface area contributed by atoms with Gasteiger partial charge >= 0.3 is 5.97 Å². The van der Waals surface area contributed by atoms with Crippen LogP contribution >= 0.6 is 0 Å². The van der Waals surface area contributed by atoms with Crippen LogP contribution in [0.2, 0.25) is 0 Å². The highest BCUT2D eigenvalue weighted by atomic mass is 19.1. The number of aromatic carboxylic acids is 1. The van der Waals surface area contributed by atoms with Crippen molar-refractivity contribution in [1.29, 1.82) is 0 Å². The number of unbranched alkanes of at least 4 members (excludes halogenated alkanes) is 1. The van der Waals surface area contributed by atoms with Gasteiger partial charge in [0.05, 0.1) is 11.4 Å². The molecule has 2 rings (SSSR count). The molecule has 1 aromatic rings. The number of carbonyl (C=O) groups is 1. The van der Waals surface area contributed by atoms with Crippen LogP contribution in [0.1, 0.15) is 48.8 Å². The number of hydrogen-bond donors (Lipinski definition) is 1. The number of rotatable bonds is 5. The summed E-state index contributed by atoms with van der Waals surface area (Å²) in [6.07, 6.45) is 6.84. The predicted octanol–water partition coefficient (Wildman–Crippen LogP) is 2.81. The molecule has 0 bridgehead atoms. The molecule has 0 saturated heterocycles. The van der Waals surface area contributed by atoms with Gasteiger partial charge in [0.2, 0.25) is 0 Å². The van der Waals surface area contributed by atoms with E-state index in [0.717, 1.165) is 19.3 Å². The Hall–Kier alpha value is -1.98. The largest absolute Gasteiger partial charge is 0.476 e. The van der Waals surface area contributed by atoms with Crippen LogP contribution in [0.5, 0.6) is 0 Å². The first-order valence-electron chi connectivity index (χ1n) is 6.39. The maximum Gasteiger partial charge on any atom is 0.358 e. The van der Waals surface area contributed by atoms with E-state index in [9.17, 15) is 9.18 Å². The van der Waals surface area contributed by atoms with Crippen molar-refractivity contribution in [3.05, 3.63) is 29.4 Å². The van der Waals surface area contributed by atoms with Crippen molar-refractivity contribution >= 4 is 11.7 Å². The first-order chi connectivity index (χ1) is 9.15. The van der Waals surface area contributed by atoms with Gasteiger partial charge in [0.15, 0.2) is 5.69 Å². The van der Waals surface area contributed by atoms with Gasteiger partial charge in [0, 0.05) is 0 Å². The van der Waals surface area contributed by atoms with E-state index in [0.29, 0.717) is 24.2 Å². The van der Waals surface area contributed by atoms with E-state index in [2.05, 4.69) is 10.3 Å². The van der Waals surface area contributed by atoms with Crippen molar-refractivity contribution in [1.82, 2.24) is 15.0 Å². The molecule has 0 spiro atoms. The average Bonchev–Trinajstić information content (AvgIpc) is 2.80. The zero-order chi connectivity index (χ0) is 13.8. The third-order valence-electron chi connectivity index (χ3n) is 3.03. The fourth-order valence-corrected chi connectivity index (χ4v) is 2.05. The van der Waals surface area contributed by atoms with Crippen LogP contribution in [0.15, 0.2) is 18.0 Å². The summed E-state index contributed by atoms with van der Waals surface area (Å²) in [6.45, 7) is 2.01. The highest BCUT2D eigenvalue weighted by Crippen LogP contribution is 2.26. The highest BCUT2D eigenvalue weighted by Gasteiger charge is 2.22. The molecule has 1 N–H and O–H groups in total. The minimum absolute atomic E-state index is 0.0901. The monoisotopic (exact) mass is 265 g/mol. The summed E-state index contributed by atoms with van der Waals surface area (Å²) in [4.78, 5) is 11.1. The Kier molecular flexibility index (Phi) is 4.09. The van der Waals surface area contributed by atoms with Gasteiger partial charge in [0.1, 0.15) is 5.83 Å². The SMILES string of the molecule is CCCCc1c(C(=O)O)nnn1C1=CCCC=C1F. The Bertz CT molecular complexity index is 546. The van der Waals surface area contributed by atoms with Gasteiger partial charge < -0.3 is 5.11 Å². The molecule has 0 aliphatic heterocycles. The van der Waals surface area contributed by atoms with Gasteiger partial charge in [-0.3, -0.25) is 0 Å². The minimum Gasteiger partial charge on any atom is -0.476 e. The molecule has 0 amide bonds. The van der Waals surface area contributed by atoms with E-state index in [1.54, 1.807) is 6.08 Å². The van der Waals surface area contributed by atoms with Gasteiger partial charge in [-0.15, -0.1) is 5.10 Å². The molecule has 102 valence electrons. The molecule has 0 aromatic carbocycles. The van der Waals surface area contributed by atoms with Gasteiger partial charge in [-0.05, 0) is 31.8 Å². The predicted molar refractivity (Wildman–Crippen MR) is 68.3 cm³/mol. The fourth-order valence-electron chi connectivity index (χ4n) is 2.05. The van der Waals surface area contributed by atoms with Crippen molar-refractivity contribution in [3.63, 3.8) is 0 Å². The molecule has 0 radical (unpaired) electrons. The molecular weight excluding hydrogens is 249 g/mol. The van der Waals surface area contributed by atoms with Gasteiger partial charge in [-0.1, -0.05) is 24.6 Å². The highest BCUT2D eigenvalue weighted by molar-refractivity contribution is 5.87. The van der Waals surface area contributed by atoms with Crippen molar-refractivity contribution in [2.75, 3.05) is 0 Å². The summed E-state index contributed by atoms with van der Waals surface area (Å²) in [6, 6.07) is 0. The Labute approximate surface area is 110 Å². The number of carboxylic acids is 1. The molecule has 1 aromatic heterocycles. The molecule has 1 aliphatic rings. The average molecular weight is 265 g/mol. The van der Waals surface area contributed by atoms with Crippen molar-refractivity contribution < 1.29 is 14.3 Å². The molecule has 0 atom stereocenters. The molecule has 19 heavy (non-hydrogen) atoms. The van der Waals surface area contributed by atoms with E-state index in [1.807, 2.05) is 6.92 Å². The zero-order valence-corrected chi connectivity index (χ0v) is 10.8. The van der Waals surface area contributed by atoms with E-state index in [-0.39, 0.29) is 11.5 Å². The van der Waals surface area contributed by atoms with Crippen LogP contribution in [0.4, 0.5) is 4.39 Å². The summed E-state index contributed by atoms with van der Waals surface area (Å²) in [5.74, 6) is -1.50. The van der Waals surface area contributed by atoms with Crippen LogP contribution in [-0.2, 0) is 6.42 Å². The van der Waals surface area contributed by atoms with Crippen LogP contribution in [0.25, 0.3) is 5.70 Å². The summed E-state index contributed by atoms with van der Waals surface area (Å²) in [5, 5.41) is 16.6. The number of nitrogens with zero attached hydrogens (tertiary/aromatic N) is 3. The normalized spacial score (nSPS) is 15.1. The summed E-state index contributed by atoms with van der Waals surface area (Å²) < 4.78 is 15.1. The van der Waals surface area contributed by atoms with Crippen LogP contribution in [0, 0.1) is 0 Å². The second-order valence-electron chi connectivity index (χ2n) is 4.42. The fraction of sp³-hybridized carbons (Fsp3) is 0.462. The standard InChI is InChI=1S/C13H16FN3O2/c1-2-3-7-11-12(13(18)19)15-16-17(11)10-8-5-4-6-9(10)14/h6,8H,2-5,7H2,1H3,(H,18,19). The van der Waals surface area contributed by atoms with E-state index in [1.165, 1.54) is 10.8 Å². The Morgan fingerprint density at radius 2 is 2.21 bits per heavy atom. The molecule has 5 nitrogen and oxygen atoms in total. The topological polar surface area (TPSA) is 68.0 Å². The first kappa shape index (κ1) is 13.5. The van der Waals surface area contributed by atoms with Crippen molar-refractivity contribution in [2.45, 2.75) is 39.0 Å². The Morgan fingerprint density at radius 3 is 2.84 bits per heavy atom. The zero-order valence-electron chi connectivity index (χ0n) is 10.8. The summed E-state index contributed by atoms with van der Waals surface area (Å²) >= 11 is 0. The van der Waals surface area contributed by atoms with Crippen LogP contribution in [-0.4, -0.2) is 26.1 Å². The number of allylic oxidation sites excluding steroid dienone is 4. The molecule has 0 fully saturated rings. The van der Waals surface area contributed by atoms with Crippen LogP contribution < -0.4 is 0 Å². The number of aromatic nitrogens is 3. The number of carboxylic acid groups (broad SMARTS) is 1. The van der Waals surface area contributed by atoms with Crippen molar-refractivity contribution in [3.8, 4) is 0 Å². The van der Waals surface area contributed by atoms with E-state index in [4.69, 9.17) is 5.11 Å². The molecule has 1 aliphatic carbocycles. The summed E-state index contributed by atoms with van der Waals surface area (Å²) in [5.41, 5.74) is 0.677. The van der Waals surface area contributed by atoms with E-state index < -0.39 is 5.97 Å². The van der Waals surface area contributed by atoms with Gasteiger partial charge in [-0.25, -0.2) is 13.9 Å². The summed E-state index contributed by atoms with van der Waals surface area (Å²) in [7, 11) is 0. The molecule has 0 unspecified atom stereocenters.